The summed E-state index contributed by atoms with van der Waals surface area (Å²) in [6, 6.07) is 33.4. The van der Waals surface area contributed by atoms with Crippen LogP contribution in [0, 0.1) is 0 Å². The molecule has 0 radical (unpaired) electrons. The molecule has 0 saturated carbocycles. The van der Waals surface area contributed by atoms with E-state index in [-0.39, 0.29) is 25.5 Å². The van der Waals surface area contributed by atoms with Crippen LogP contribution in [0.5, 0.6) is 5.75 Å². The average Bonchev–Trinajstić information content (AvgIpc) is 3.47. The number of aliphatic hydroxyl groups is 1. The van der Waals surface area contributed by atoms with Crippen LogP contribution >= 0.6 is 15.9 Å². The van der Waals surface area contributed by atoms with E-state index in [2.05, 4.69) is 33.4 Å². The number of carbonyl (C=O) groups is 1. The third-order valence-corrected chi connectivity index (χ3v) is 8.50. The van der Waals surface area contributed by atoms with Gasteiger partial charge in [-0.05, 0) is 52.6 Å². The number of rotatable bonds is 14. The quantitative estimate of drug-likeness (QED) is 0.124. The lowest BCUT2D eigenvalue weighted by molar-refractivity contribution is -0.134. The molecule has 0 aromatic heterocycles. The monoisotopic (exact) mass is 672 g/mol. The van der Waals surface area contributed by atoms with Gasteiger partial charge >= 0.3 is 0 Å². The molecule has 0 fully saturated rings. The minimum absolute atomic E-state index is 0.0631. The third-order valence-electron chi connectivity index (χ3n) is 7.72. The number of amides is 1. The van der Waals surface area contributed by atoms with Crippen molar-refractivity contribution < 1.29 is 28.8 Å². The topological polar surface area (TPSA) is 98.6 Å². The Morgan fingerprint density at radius 2 is 1.56 bits per heavy atom. The lowest BCUT2D eigenvalue weighted by Crippen LogP contribution is -2.51. The second-order valence-corrected chi connectivity index (χ2v) is 11.5. The van der Waals surface area contributed by atoms with Crippen molar-refractivity contribution in [2.75, 3.05) is 34.0 Å². The SMILES string of the molecule is COC(CNC(=O)[C@]1(Cc2ccccc2Br)N=C(c2ccc(OCCCO)cc2)O[C@@H]1c1ccc(-c2ccccc2)cc1)OC. The number of nitrogens with one attached hydrogen (secondary N) is 1. The summed E-state index contributed by atoms with van der Waals surface area (Å²) in [4.78, 5) is 19.5. The Kier molecular flexibility index (Phi) is 11.0. The third kappa shape index (κ3) is 7.62. The molecule has 0 unspecified atom stereocenters. The maximum atomic E-state index is 14.4. The van der Waals surface area contributed by atoms with E-state index < -0.39 is 17.9 Å². The van der Waals surface area contributed by atoms with Crippen LogP contribution in [-0.4, -0.2) is 62.7 Å². The number of methoxy groups -OCH3 is 2. The predicted octanol–water partition coefficient (Wildman–Crippen LogP) is 6.11. The Balaban J connectivity index is 1.57. The van der Waals surface area contributed by atoms with Gasteiger partial charge in [0.2, 0.25) is 5.90 Å². The van der Waals surface area contributed by atoms with Crippen LogP contribution in [0.4, 0.5) is 0 Å². The van der Waals surface area contributed by atoms with E-state index in [1.807, 2.05) is 91.0 Å². The van der Waals surface area contributed by atoms with Crippen LogP contribution in [0.1, 0.15) is 29.2 Å². The van der Waals surface area contributed by atoms with Gasteiger partial charge in [0.1, 0.15) is 5.75 Å². The summed E-state index contributed by atoms with van der Waals surface area (Å²) in [5.41, 5.74) is 3.22. The fourth-order valence-corrected chi connectivity index (χ4v) is 5.71. The van der Waals surface area contributed by atoms with Crippen LogP contribution < -0.4 is 10.1 Å². The van der Waals surface area contributed by atoms with E-state index in [1.54, 1.807) is 0 Å². The first-order valence-electron chi connectivity index (χ1n) is 14.8. The Morgan fingerprint density at radius 1 is 0.911 bits per heavy atom. The summed E-state index contributed by atoms with van der Waals surface area (Å²) in [5.74, 6) is 0.709. The van der Waals surface area contributed by atoms with Crippen molar-refractivity contribution in [3.63, 3.8) is 0 Å². The zero-order chi connectivity index (χ0) is 31.6. The highest BCUT2D eigenvalue weighted by Crippen LogP contribution is 2.43. The van der Waals surface area contributed by atoms with Gasteiger partial charge in [-0.25, -0.2) is 4.99 Å². The standard InChI is InChI=1S/C36H37BrN2O6/c1-42-32(43-2)24-38-35(41)36(23-29-11-6-7-12-31(29)37)33(27-15-13-26(14-16-27)25-9-4-3-5-10-25)45-34(39-36)28-17-19-30(20-18-28)44-22-8-21-40/h3-7,9-20,32-33,40H,8,21-24H2,1-2H3,(H,38,41)/t33-,36-/m1/s1. The normalized spacial score (nSPS) is 17.5. The molecule has 2 N–H and O–H groups in total. The number of nitrogens with zero attached hydrogens (tertiary/aromatic N) is 1. The molecule has 1 amide bonds. The minimum Gasteiger partial charge on any atom is -0.494 e. The van der Waals surface area contributed by atoms with Gasteiger partial charge < -0.3 is 29.4 Å². The van der Waals surface area contributed by atoms with Crippen molar-refractivity contribution in [1.82, 2.24) is 5.32 Å². The number of ether oxygens (including phenoxy) is 4. The van der Waals surface area contributed by atoms with E-state index >= 15 is 0 Å². The molecule has 1 aliphatic heterocycles. The van der Waals surface area contributed by atoms with Crippen LogP contribution in [0.15, 0.2) is 113 Å². The first-order chi connectivity index (χ1) is 22.0. The number of hydrogen-bond acceptors (Lipinski definition) is 7. The first-order valence-corrected chi connectivity index (χ1v) is 15.6. The molecule has 8 nitrogen and oxygen atoms in total. The van der Waals surface area contributed by atoms with Crippen LogP contribution in [-0.2, 0) is 25.4 Å². The number of aliphatic hydroxyl groups excluding tert-OH is 1. The van der Waals surface area contributed by atoms with E-state index in [1.165, 1.54) is 14.2 Å². The van der Waals surface area contributed by atoms with E-state index in [9.17, 15) is 4.79 Å². The molecule has 9 heteroatoms. The van der Waals surface area contributed by atoms with Gasteiger partial charge in [0.15, 0.2) is 17.9 Å². The van der Waals surface area contributed by atoms with Crippen molar-refractivity contribution in [3.05, 3.63) is 124 Å². The average molecular weight is 674 g/mol. The molecule has 45 heavy (non-hydrogen) atoms. The molecule has 4 aromatic rings. The molecular formula is C36H37BrN2O6. The maximum absolute atomic E-state index is 14.4. The molecular weight excluding hydrogens is 636 g/mol. The lowest BCUT2D eigenvalue weighted by Gasteiger charge is -2.31. The molecule has 5 rings (SSSR count). The van der Waals surface area contributed by atoms with Crippen molar-refractivity contribution >= 4 is 27.7 Å². The van der Waals surface area contributed by atoms with E-state index in [0.717, 1.165) is 26.7 Å². The maximum Gasteiger partial charge on any atom is 0.252 e. The largest absolute Gasteiger partial charge is 0.494 e. The second-order valence-electron chi connectivity index (χ2n) is 10.7. The highest BCUT2D eigenvalue weighted by atomic mass is 79.9. The smallest absolute Gasteiger partial charge is 0.252 e. The van der Waals surface area contributed by atoms with Gasteiger partial charge in [-0.1, -0.05) is 88.7 Å². The first kappa shape index (κ1) is 32.4. The van der Waals surface area contributed by atoms with Crippen molar-refractivity contribution in [2.45, 2.75) is 30.8 Å². The summed E-state index contributed by atoms with van der Waals surface area (Å²) in [6.07, 6.45) is -0.556. The highest BCUT2D eigenvalue weighted by Gasteiger charge is 2.53. The van der Waals surface area contributed by atoms with Gasteiger partial charge in [0.05, 0.1) is 13.2 Å². The molecule has 2 atom stereocenters. The zero-order valence-electron chi connectivity index (χ0n) is 25.3. The fourth-order valence-electron chi connectivity index (χ4n) is 5.29. The number of hydrogen-bond donors (Lipinski definition) is 2. The van der Waals surface area contributed by atoms with Crippen LogP contribution in [0.2, 0.25) is 0 Å². The van der Waals surface area contributed by atoms with E-state index in [0.29, 0.717) is 30.2 Å². The molecule has 0 spiro atoms. The van der Waals surface area contributed by atoms with Gasteiger partial charge in [-0.3, -0.25) is 4.79 Å². The Bertz CT molecular complexity index is 1580. The molecule has 0 bridgehead atoms. The molecule has 234 valence electrons. The number of aliphatic imine (C=N–C) groups is 1. The lowest BCUT2D eigenvalue weighted by atomic mass is 9.81. The number of benzene rings is 4. The highest BCUT2D eigenvalue weighted by molar-refractivity contribution is 9.10. The Hall–Kier alpha value is -4.02. The molecule has 4 aromatic carbocycles. The number of carbonyl (C=O) groups excluding carboxylic acids is 1. The Morgan fingerprint density at radius 3 is 2.22 bits per heavy atom. The fraction of sp³-hybridized carbons (Fsp3) is 0.278. The molecule has 0 aliphatic carbocycles. The second kappa shape index (κ2) is 15.3. The van der Waals surface area contributed by atoms with Gasteiger partial charge in [-0.2, -0.15) is 0 Å². The van der Waals surface area contributed by atoms with Gasteiger partial charge in [-0.15, -0.1) is 0 Å². The van der Waals surface area contributed by atoms with Crippen LogP contribution in [0.3, 0.4) is 0 Å². The van der Waals surface area contributed by atoms with Crippen molar-refractivity contribution in [1.29, 1.82) is 0 Å². The summed E-state index contributed by atoms with van der Waals surface area (Å²) in [7, 11) is 3.06. The van der Waals surface area contributed by atoms with Crippen molar-refractivity contribution in [3.8, 4) is 16.9 Å². The summed E-state index contributed by atoms with van der Waals surface area (Å²) >= 11 is 3.68. The molecule has 1 aliphatic rings. The molecule has 0 saturated heterocycles. The van der Waals surface area contributed by atoms with Gasteiger partial charge in [0, 0.05) is 43.7 Å². The minimum atomic E-state index is -1.37. The van der Waals surface area contributed by atoms with Crippen LogP contribution in [0.25, 0.3) is 11.1 Å². The van der Waals surface area contributed by atoms with Gasteiger partial charge in [0.25, 0.3) is 5.91 Å². The van der Waals surface area contributed by atoms with Crippen molar-refractivity contribution in [2.24, 2.45) is 4.99 Å². The summed E-state index contributed by atoms with van der Waals surface area (Å²) in [6.45, 7) is 0.606. The predicted molar refractivity (Wildman–Crippen MR) is 177 cm³/mol. The number of halogens is 1. The Labute approximate surface area is 272 Å². The summed E-state index contributed by atoms with van der Waals surface area (Å²) < 4.78 is 23.9. The molecule has 1 heterocycles. The zero-order valence-corrected chi connectivity index (χ0v) is 26.9. The summed E-state index contributed by atoms with van der Waals surface area (Å²) in [5, 5.41) is 12.1. The van der Waals surface area contributed by atoms with E-state index in [4.69, 9.17) is 29.0 Å².